The molecule has 0 unspecified atom stereocenters. The molecule has 1 saturated heterocycles. The van der Waals surface area contributed by atoms with Crippen LogP contribution in [0.15, 0.2) is 96.2 Å². The maximum absolute atomic E-state index is 13.2. The van der Waals surface area contributed by atoms with E-state index in [0.717, 1.165) is 11.3 Å². The van der Waals surface area contributed by atoms with E-state index >= 15 is 0 Å². The number of nitrogens with two attached hydrogens (primary N) is 1. The number of sulfonamides is 1. The van der Waals surface area contributed by atoms with Crippen LogP contribution in [0.1, 0.15) is 18.4 Å². The second kappa shape index (κ2) is 12.6. The summed E-state index contributed by atoms with van der Waals surface area (Å²) < 4.78 is 33.6. The SMILES string of the molecule is N#C/C(=C\c1ccccc1)S(=O)(=O)N1CCC(CNc2ncnc(N)c2-c2ccc(Oc3ccccc3)cc2)CC1. The molecule has 1 aliphatic rings. The molecule has 0 radical (unpaired) electrons. The summed E-state index contributed by atoms with van der Waals surface area (Å²) >= 11 is 0. The number of benzene rings is 3. The molecule has 3 N–H and O–H groups in total. The topological polar surface area (TPSA) is 134 Å². The van der Waals surface area contributed by atoms with Crippen LogP contribution >= 0.6 is 0 Å². The van der Waals surface area contributed by atoms with Crippen molar-refractivity contribution < 1.29 is 13.2 Å². The van der Waals surface area contributed by atoms with Crippen molar-refractivity contribution >= 4 is 27.7 Å². The highest BCUT2D eigenvalue weighted by Gasteiger charge is 2.31. The van der Waals surface area contributed by atoms with Gasteiger partial charge in [0.15, 0.2) is 4.91 Å². The number of aromatic nitrogens is 2. The molecule has 1 fully saturated rings. The molecule has 4 aromatic rings. The molecule has 0 atom stereocenters. The van der Waals surface area contributed by atoms with Gasteiger partial charge in [0.25, 0.3) is 10.0 Å². The molecule has 0 aliphatic carbocycles. The van der Waals surface area contributed by atoms with Crippen molar-refractivity contribution in [3.05, 3.63) is 102 Å². The minimum atomic E-state index is -3.87. The Labute approximate surface area is 240 Å². The minimum Gasteiger partial charge on any atom is -0.457 e. The Bertz CT molecular complexity index is 1650. The number of nitriles is 1. The first-order valence-electron chi connectivity index (χ1n) is 13.3. The van der Waals surface area contributed by atoms with Crippen LogP contribution < -0.4 is 15.8 Å². The maximum atomic E-state index is 13.2. The van der Waals surface area contributed by atoms with E-state index in [4.69, 9.17) is 10.5 Å². The zero-order chi connectivity index (χ0) is 28.7. The van der Waals surface area contributed by atoms with Crippen LogP contribution in [-0.4, -0.2) is 42.3 Å². The zero-order valence-electron chi connectivity index (χ0n) is 22.3. The molecule has 1 aliphatic heterocycles. The number of nitrogen functional groups attached to an aromatic ring is 1. The number of hydrogen-bond donors (Lipinski definition) is 2. The fraction of sp³-hybridized carbons (Fsp3) is 0.194. The Balaban J connectivity index is 1.22. The smallest absolute Gasteiger partial charge is 0.253 e. The van der Waals surface area contributed by atoms with E-state index in [0.29, 0.717) is 61.0 Å². The van der Waals surface area contributed by atoms with Crippen molar-refractivity contribution in [3.63, 3.8) is 0 Å². The average Bonchev–Trinajstić information content (AvgIpc) is 3.00. The number of para-hydroxylation sites is 1. The number of nitrogens with one attached hydrogen (secondary N) is 1. The number of ether oxygens (including phenoxy) is 1. The average molecular weight is 567 g/mol. The Morgan fingerprint density at radius 1 is 0.976 bits per heavy atom. The second-order valence-corrected chi connectivity index (χ2v) is 11.6. The second-order valence-electron chi connectivity index (χ2n) is 9.68. The molecule has 41 heavy (non-hydrogen) atoms. The minimum absolute atomic E-state index is 0.218. The highest BCUT2D eigenvalue weighted by Crippen LogP contribution is 2.33. The number of hydrogen-bond acceptors (Lipinski definition) is 8. The third kappa shape index (κ3) is 6.72. The molecule has 1 aromatic heterocycles. The van der Waals surface area contributed by atoms with Crippen molar-refractivity contribution in [3.8, 4) is 28.7 Å². The third-order valence-corrected chi connectivity index (χ3v) is 8.77. The first-order chi connectivity index (χ1) is 19.9. The van der Waals surface area contributed by atoms with Crippen LogP contribution in [-0.2, 0) is 10.0 Å². The first kappa shape index (κ1) is 27.8. The lowest BCUT2D eigenvalue weighted by Gasteiger charge is -2.31. The predicted molar refractivity (Wildman–Crippen MR) is 160 cm³/mol. The lowest BCUT2D eigenvalue weighted by atomic mass is 9.98. The lowest BCUT2D eigenvalue weighted by Crippen LogP contribution is -2.40. The van der Waals surface area contributed by atoms with Gasteiger partial charge in [-0.15, -0.1) is 0 Å². The summed E-state index contributed by atoms with van der Waals surface area (Å²) in [5, 5.41) is 13.0. The quantitative estimate of drug-likeness (QED) is 0.252. The number of nitrogens with zero attached hydrogens (tertiary/aromatic N) is 4. The van der Waals surface area contributed by atoms with Gasteiger partial charge in [0.1, 0.15) is 35.5 Å². The predicted octanol–water partition coefficient (Wildman–Crippen LogP) is 5.54. The summed E-state index contributed by atoms with van der Waals surface area (Å²) in [5.41, 5.74) is 8.48. The lowest BCUT2D eigenvalue weighted by molar-refractivity contribution is 0.284. The van der Waals surface area contributed by atoms with Gasteiger partial charge in [-0.1, -0.05) is 60.7 Å². The van der Waals surface area contributed by atoms with Crippen molar-refractivity contribution in [1.82, 2.24) is 14.3 Å². The van der Waals surface area contributed by atoms with Gasteiger partial charge in [0, 0.05) is 19.6 Å². The highest BCUT2D eigenvalue weighted by atomic mass is 32.2. The molecule has 208 valence electrons. The van der Waals surface area contributed by atoms with Crippen molar-refractivity contribution in [2.45, 2.75) is 12.8 Å². The molecule has 0 saturated carbocycles. The van der Waals surface area contributed by atoms with E-state index in [1.54, 1.807) is 24.3 Å². The zero-order valence-corrected chi connectivity index (χ0v) is 23.2. The molecule has 0 bridgehead atoms. The molecule has 9 nitrogen and oxygen atoms in total. The summed E-state index contributed by atoms with van der Waals surface area (Å²) in [6.07, 6.45) is 4.14. The van der Waals surface area contributed by atoms with E-state index in [-0.39, 0.29) is 10.8 Å². The van der Waals surface area contributed by atoms with Gasteiger partial charge in [-0.25, -0.2) is 18.4 Å². The van der Waals surface area contributed by atoms with Gasteiger partial charge in [-0.05, 0) is 60.2 Å². The van der Waals surface area contributed by atoms with Gasteiger partial charge in [0.05, 0.1) is 5.56 Å². The molecule has 0 amide bonds. The number of anilines is 2. The van der Waals surface area contributed by atoms with E-state index in [1.165, 1.54) is 16.7 Å². The Hall–Kier alpha value is -4.72. The Morgan fingerprint density at radius 3 is 2.27 bits per heavy atom. The van der Waals surface area contributed by atoms with E-state index in [1.807, 2.05) is 66.7 Å². The van der Waals surface area contributed by atoms with Gasteiger partial charge in [-0.2, -0.15) is 9.57 Å². The summed E-state index contributed by atoms with van der Waals surface area (Å²) in [6.45, 7) is 1.27. The number of piperidine rings is 1. The van der Waals surface area contributed by atoms with E-state index in [9.17, 15) is 13.7 Å². The molecule has 2 heterocycles. The fourth-order valence-corrected chi connectivity index (χ4v) is 6.10. The summed E-state index contributed by atoms with van der Waals surface area (Å²) in [7, 11) is -3.87. The standard InChI is InChI=1S/C31H30N6O3S/c32-20-28(19-23-7-3-1-4-8-23)41(38,39)37-17-15-24(16-18-37)21-34-31-29(30(33)35-22-36-31)25-11-13-27(14-12-25)40-26-9-5-2-6-10-26/h1-14,19,22,24H,15-18,21H2,(H3,33,34,35,36)/b28-19+. The summed E-state index contributed by atoms with van der Waals surface area (Å²) in [4.78, 5) is 8.37. The largest absolute Gasteiger partial charge is 0.457 e. The van der Waals surface area contributed by atoms with E-state index < -0.39 is 10.0 Å². The molecule has 0 spiro atoms. The van der Waals surface area contributed by atoms with Crippen molar-refractivity contribution in [1.29, 1.82) is 5.26 Å². The molecule has 5 rings (SSSR count). The van der Waals surface area contributed by atoms with Crippen LogP contribution in [0.4, 0.5) is 11.6 Å². The first-order valence-corrected chi connectivity index (χ1v) is 14.7. The summed E-state index contributed by atoms with van der Waals surface area (Å²) in [6, 6.07) is 28.0. The van der Waals surface area contributed by atoms with Crippen LogP contribution in [0.3, 0.4) is 0 Å². The van der Waals surface area contributed by atoms with Gasteiger partial charge in [0.2, 0.25) is 0 Å². The monoisotopic (exact) mass is 566 g/mol. The van der Waals surface area contributed by atoms with Crippen molar-refractivity contribution in [2.24, 2.45) is 5.92 Å². The molecule has 3 aromatic carbocycles. The van der Waals surface area contributed by atoms with Gasteiger partial charge >= 0.3 is 0 Å². The molecular formula is C31H30N6O3S. The summed E-state index contributed by atoms with van der Waals surface area (Å²) in [5.74, 6) is 2.64. The molecule has 10 heteroatoms. The third-order valence-electron chi connectivity index (χ3n) is 6.96. The van der Waals surface area contributed by atoms with Crippen molar-refractivity contribution in [2.75, 3.05) is 30.7 Å². The highest BCUT2D eigenvalue weighted by molar-refractivity contribution is 7.93. The van der Waals surface area contributed by atoms with Crippen LogP contribution in [0.5, 0.6) is 11.5 Å². The number of rotatable bonds is 9. The van der Waals surface area contributed by atoms with Gasteiger partial charge in [-0.3, -0.25) is 0 Å². The Kier molecular flexibility index (Phi) is 8.58. The normalized spacial score (nSPS) is 14.8. The van der Waals surface area contributed by atoms with Crippen LogP contribution in [0.2, 0.25) is 0 Å². The van der Waals surface area contributed by atoms with Gasteiger partial charge < -0.3 is 15.8 Å². The maximum Gasteiger partial charge on any atom is 0.253 e. The van der Waals surface area contributed by atoms with Crippen LogP contribution in [0, 0.1) is 17.2 Å². The number of allylic oxidation sites excluding steroid dienone is 1. The fourth-order valence-electron chi connectivity index (χ4n) is 4.73. The Morgan fingerprint density at radius 2 is 1.61 bits per heavy atom. The van der Waals surface area contributed by atoms with E-state index in [2.05, 4.69) is 15.3 Å². The van der Waals surface area contributed by atoms with Crippen LogP contribution in [0.25, 0.3) is 17.2 Å². The molecular weight excluding hydrogens is 536 g/mol.